The number of unbranched alkanes of at least 4 members (excludes halogenated alkanes) is 4. The number of pyridine rings is 1. The fourth-order valence-corrected chi connectivity index (χ4v) is 2.07. The van der Waals surface area contributed by atoms with Crippen molar-refractivity contribution in [2.45, 2.75) is 45.4 Å². The molecule has 0 radical (unpaired) electrons. The predicted molar refractivity (Wildman–Crippen MR) is 76.8 cm³/mol. The first-order valence-electron chi connectivity index (χ1n) is 6.67. The van der Waals surface area contributed by atoms with Crippen molar-refractivity contribution in [2.75, 3.05) is 18.6 Å². The molecule has 1 aromatic rings. The van der Waals surface area contributed by atoms with Crippen LogP contribution in [0.25, 0.3) is 0 Å². The molecule has 0 aromatic carbocycles. The SMILES string of the molecule is CCCCCCCc1c(OC)nc(N)c(C#N)c1N. The Balaban J connectivity index is 2.84. The van der Waals surface area contributed by atoms with Gasteiger partial charge in [-0.3, -0.25) is 0 Å². The maximum absolute atomic E-state index is 9.04. The van der Waals surface area contributed by atoms with Crippen LogP contribution in [0, 0.1) is 11.3 Å². The zero-order valence-corrected chi connectivity index (χ0v) is 11.7. The first kappa shape index (κ1) is 15.1. The largest absolute Gasteiger partial charge is 0.481 e. The number of aromatic nitrogens is 1. The van der Waals surface area contributed by atoms with Gasteiger partial charge >= 0.3 is 0 Å². The van der Waals surface area contributed by atoms with Crippen molar-refractivity contribution in [3.63, 3.8) is 0 Å². The summed E-state index contributed by atoms with van der Waals surface area (Å²) in [6, 6.07) is 2.00. The molecule has 104 valence electrons. The number of nitrogens with zero attached hydrogens (tertiary/aromatic N) is 2. The van der Waals surface area contributed by atoms with Crippen molar-refractivity contribution in [1.82, 2.24) is 4.98 Å². The number of hydrogen-bond acceptors (Lipinski definition) is 5. The third-order valence-corrected chi connectivity index (χ3v) is 3.17. The lowest BCUT2D eigenvalue weighted by Crippen LogP contribution is -2.07. The highest BCUT2D eigenvalue weighted by molar-refractivity contribution is 5.70. The maximum atomic E-state index is 9.04. The van der Waals surface area contributed by atoms with E-state index >= 15 is 0 Å². The number of anilines is 2. The van der Waals surface area contributed by atoms with Crippen molar-refractivity contribution in [2.24, 2.45) is 0 Å². The van der Waals surface area contributed by atoms with Crippen molar-refractivity contribution < 1.29 is 4.74 Å². The van der Waals surface area contributed by atoms with E-state index in [-0.39, 0.29) is 11.4 Å². The summed E-state index contributed by atoms with van der Waals surface area (Å²) in [5, 5.41) is 9.04. The number of hydrogen-bond donors (Lipinski definition) is 2. The fraction of sp³-hybridized carbons (Fsp3) is 0.571. The van der Waals surface area contributed by atoms with Crippen LogP contribution in [0.3, 0.4) is 0 Å². The lowest BCUT2D eigenvalue weighted by atomic mass is 10.0. The molecule has 0 fully saturated rings. The number of nitrogen functional groups attached to an aromatic ring is 2. The van der Waals surface area contributed by atoms with Crippen LogP contribution >= 0.6 is 0 Å². The van der Waals surface area contributed by atoms with Gasteiger partial charge < -0.3 is 16.2 Å². The monoisotopic (exact) mass is 262 g/mol. The molecule has 0 saturated carbocycles. The van der Waals surface area contributed by atoms with E-state index in [2.05, 4.69) is 11.9 Å². The van der Waals surface area contributed by atoms with Crippen LogP contribution in [0.4, 0.5) is 11.5 Å². The standard InChI is InChI=1S/C14H22N4O/c1-3-4-5-6-7-8-10-12(16)11(9-15)13(17)18-14(10)19-2/h3-8H2,1-2H3,(H4,16,17,18). The minimum atomic E-state index is 0.131. The van der Waals surface area contributed by atoms with E-state index in [4.69, 9.17) is 21.5 Å². The lowest BCUT2D eigenvalue weighted by Gasteiger charge is -2.13. The molecule has 5 nitrogen and oxygen atoms in total. The summed E-state index contributed by atoms with van der Waals surface area (Å²) in [5.41, 5.74) is 13.1. The van der Waals surface area contributed by atoms with Crippen LogP contribution in [-0.2, 0) is 6.42 Å². The summed E-state index contributed by atoms with van der Waals surface area (Å²) in [7, 11) is 1.54. The Morgan fingerprint density at radius 1 is 1.21 bits per heavy atom. The molecule has 1 heterocycles. The van der Waals surface area contributed by atoms with E-state index in [1.54, 1.807) is 0 Å². The Kier molecular flexibility index (Phi) is 5.94. The number of rotatable bonds is 7. The Morgan fingerprint density at radius 2 is 1.89 bits per heavy atom. The van der Waals surface area contributed by atoms with Crippen LogP contribution in [0.15, 0.2) is 0 Å². The predicted octanol–water partition coefficient (Wildman–Crippen LogP) is 2.64. The minimum Gasteiger partial charge on any atom is -0.481 e. The summed E-state index contributed by atoms with van der Waals surface area (Å²) < 4.78 is 5.20. The van der Waals surface area contributed by atoms with E-state index in [9.17, 15) is 0 Å². The molecule has 0 bridgehead atoms. The maximum Gasteiger partial charge on any atom is 0.220 e. The summed E-state index contributed by atoms with van der Waals surface area (Å²) in [6.45, 7) is 2.18. The summed E-state index contributed by atoms with van der Waals surface area (Å²) in [4.78, 5) is 4.09. The highest BCUT2D eigenvalue weighted by Gasteiger charge is 2.16. The number of nitriles is 1. The summed E-state index contributed by atoms with van der Waals surface area (Å²) >= 11 is 0. The van der Waals surface area contributed by atoms with Crippen LogP contribution in [0.2, 0.25) is 0 Å². The minimum absolute atomic E-state index is 0.131. The normalized spacial score (nSPS) is 10.2. The molecule has 19 heavy (non-hydrogen) atoms. The van der Waals surface area contributed by atoms with E-state index in [0.717, 1.165) is 24.8 Å². The second-order valence-corrected chi connectivity index (χ2v) is 4.55. The van der Waals surface area contributed by atoms with Crippen LogP contribution in [-0.4, -0.2) is 12.1 Å². The molecular formula is C14H22N4O. The summed E-state index contributed by atoms with van der Waals surface area (Å²) in [6.07, 6.45) is 6.59. The van der Waals surface area contributed by atoms with Gasteiger partial charge in [0.2, 0.25) is 5.88 Å². The molecular weight excluding hydrogens is 240 g/mol. The highest BCUT2D eigenvalue weighted by atomic mass is 16.5. The second-order valence-electron chi connectivity index (χ2n) is 4.55. The van der Waals surface area contributed by atoms with Crippen LogP contribution in [0.1, 0.15) is 50.2 Å². The smallest absolute Gasteiger partial charge is 0.220 e. The van der Waals surface area contributed by atoms with Gasteiger partial charge in [-0.15, -0.1) is 0 Å². The van der Waals surface area contributed by atoms with E-state index in [1.807, 2.05) is 6.07 Å². The highest BCUT2D eigenvalue weighted by Crippen LogP contribution is 2.30. The molecule has 0 aliphatic rings. The summed E-state index contributed by atoms with van der Waals surface area (Å²) in [5.74, 6) is 0.566. The van der Waals surface area contributed by atoms with Gasteiger partial charge in [0.25, 0.3) is 0 Å². The molecule has 1 aromatic heterocycles. The van der Waals surface area contributed by atoms with Crippen LogP contribution < -0.4 is 16.2 Å². The van der Waals surface area contributed by atoms with Gasteiger partial charge in [0, 0.05) is 5.56 Å². The van der Waals surface area contributed by atoms with Crippen LogP contribution in [0.5, 0.6) is 5.88 Å². The van der Waals surface area contributed by atoms with Gasteiger partial charge in [0.05, 0.1) is 12.8 Å². The molecule has 0 unspecified atom stereocenters. The zero-order chi connectivity index (χ0) is 14.3. The molecule has 1 rings (SSSR count). The Morgan fingerprint density at radius 3 is 2.47 bits per heavy atom. The molecule has 5 heteroatoms. The van der Waals surface area contributed by atoms with E-state index < -0.39 is 0 Å². The average molecular weight is 262 g/mol. The first-order valence-corrected chi connectivity index (χ1v) is 6.67. The van der Waals surface area contributed by atoms with Crippen molar-refractivity contribution in [3.05, 3.63) is 11.1 Å². The van der Waals surface area contributed by atoms with Crippen molar-refractivity contribution in [3.8, 4) is 11.9 Å². The molecule has 0 aliphatic carbocycles. The van der Waals surface area contributed by atoms with Crippen molar-refractivity contribution in [1.29, 1.82) is 5.26 Å². The molecule has 0 atom stereocenters. The molecule has 0 saturated heterocycles. The Hall–Kier alpha value is -1.96. The number of nitrogens with two attached hydrogens (primary N) is 2. The average Bonchev–Trinajstić information content (AvgIpc) is 2.40. The van der Waals surface area contributed by atoms with Gasteiger partial charge in [-0.05, 0) is 12.8 Å². The number of ether oxygens (including phenoxy) is 1. The van der Waals surface area contributed by atoms with Gasteiger partial charge in [-0.1, -0.05) is 32.6 Å². The molecule has 0 aliphatic heterocycles. The third-order valence-electron chi connectivity index (χ3n) is 3.17. The van der Waals surface area contributed by atoms with Crippen molar-refractivity contribution >= 4 is 11.5 Å². The number of methoxy groups -OCH3 is 1. The van der Waals surface area contributed by atoms with Gasteiger partial charge in [0.15, 0.2) is 0 Å². The Bertz CT molecular complexity index is 465. The zero-order valence-electron chi connectivity index (χ0n) is 11.7. The lowest BCUT2D eigenvalue weighted by molar-refractivity contribution is 0.392. The molecule has 0 spiro atoms. The molecule has 4 N–H and O–H groups in total. The van der Waals surface area contributed by atoms with Gasteiger partial charge in [-0.25, -0.2) is 0 Å². The Labute approximate surface area is 114 Å². The second kappa shape index (κ2) is 7.47. The van der Waals surface area contributed by atoms with E-state index in [0.29, 0.717) is 11.6 Å². The van der Waals surface area contributed by atoms with E-state index in [1.165, 1.54) is 26.4 Å². The topological polar surface area (TPSA) is 98.0 Å². The van der Waals surface area contributed by atoms with Gasteiger partial charge in [-0.2, -0.15) is 10.2 Å². The third kappa shape index (κ3) is 3.75. The first-order chi connectivity index (χ1) is 9.15. The van der Waals surface area contributed by atoms with Gasteiger partial charge in [0.1, 0.15) is 17.5 Å². The molecule has 0 amide bonds. The quantitative estimate of drug-likeness (QED) is 0.736. The fourth-order valence-electron chi connectivity index (χ4n) is 2.07.